The topological polar surface area (TPSA) is 20.2 Å². The molecule has 0 amide bonds. The fourth-order valence-electron chi connectivity index (χ4n) is 3.34. The molecular formula is C17H20OY-2. The van der Waals surface area contributed by atoms with Gasteiger partial charge < -0.3 is 17.9 Å². The van der Waals surface area contributed by atoms with Crippen molar-refractivity contribution in [1.82, 2.24) is 0 Å². The molecule has 0 saturated carbocycles. The fraction of sp³-hybridized carbons (Fsp3) is 0.412. The van der Waals surface area contributed by atoms with Crippen LogP contribution in [0.15, 0.2) is 29.8 Å². The number of fused-ring (bicyclic) bond motifs is 2. The van der Waals surface area contributed by atoms with Gasteiger partial charge in [0.15, 0.2) is 0 Å². The van der Waals surface area contributed by atoms with E-state index >= 15 is 0 Å². The Morgan fingerprint density at radius 1 is 1.32 bits per heavy atom. The molecule has 3 rings (SSSR count). The van der Waals surface area contributed by atoms with Crippen LogP contribution in [-0.4, -0.2) is 11.2 Å². The zero-order valence-electron chi connectivity index (χ0n) is 11.4. The summed E-state index contributed by atoms with van der Waals surface area (Å²) in [6.45, 7) is 3.94. The van der Waals surface area contributed by atoms with Gasteiger partial charge in [0.25, 0.3) is 0 Å². The molecule has 19 heavy (non-hydrogen) atoms. The van der Waals surface area contributed by atoms with Crippen molar-refractivity contribution < 1.29 is 37.8 Å². The minimum Gasteiger partial charge on any atom is -0.388 e. The van der Waals surface area contributed by atoms with Gasteiger partial charge in [0.2, 0.25) is 0 Å². The van der Waals surface area contributed by atoms with Gasteiger partial charge >= 0.3 is 0 Å². The van der Waals surface area contributed by atoms with E-state index in [2.05, 4.69) is 31.2 Å². The van der Waals surface area contributed by atoms with Crippen molar-refractivity contribution in [2.24, 2.45) is 0 Å². The molecule has 0 heterocycles. The zero-order chi connectivity index (χ0) is 12.5. The summed E-state index contributed by atoms with van der Waals surface area (Å²) >= 11 is 0. The molecule has 1 aromatic rings. The molecule has 99 valence electrons. The summed E-state index contributed by atoms with van der Waals surface area (Å²) in [5.74, 6) is 1.57. The minimum atomic E-state index is -0.269. The van der Waals surface area contributed by atoms with Crippen LogP contribution in [0.1, 0.15) is 43.2 Å². The van der Waals surface area contributed by atoms with Crippen molar-refractivity contribution in [2.75, 3.05) is 0 Å². The van der Waals surface area contributed by atoms with Crippen LogP contribution >= 0.6 is 0 Å². The number of benzene rings is 1. The average molecular weight is 329 g/mol. The van der Waals surface area contributed by atoms with Crippen LogP contribution in [0.2, 0.25) is 0 Å². The van der Waals surface area contributed by atoms with Gasteiger partial charge in [-0.1, -0.05) is 36.3 Å². The molecule has 2 aliphatic carbocycles. The Morgan fingerprint density at radius 2 is 2.11 bits per heavy atom. The van der Waals surface area contributed by atoms with Crippen LogP contribution in [0.3, 0.4) is 0 Å². The SMILES string of the molecule is [CH2-]CC[C-]1CCC2=C(C1)C(O)Cc1ccccc12.[Y]. The van der Waals surface area contributed by atoms with E-state index in [1.807, 2.05) is 0 Å². The molecule has 1 radical (unpaired) electrons. The van der Waals surface area contributed by atoms with Crippen LogP contribution in [0, 0.1) is 12.8 Å². The van der Waals surface area contributed by atoms with Crippen LogP contribution < -0.4 is 0 Å². The maximum absolute atomic E-state index is 10.4. The normalized spacial score (nSPS) is 22.5. The van der Waals surface area contributed by atoms with E-state index in [4.69, 9.17) is 0 Å². The minimum absolute atomic E-state index is 0. The molecular weight excluding hydrogens is 309 g/mol. The predicted octanol–water partition coefficient (Wildman–Crippen LogP) is 3.73. The summed E-state index contributed by atoms with van der Waals surface area (Å²) in [5, 5.41) is 10.4. The molecule has 0 aliphatic heterocycles. The Labute approximate surface area is 141 Å². The molecule has 2 aliphatic rings. The van der Waals surface area contributed by atoms with Crippen molar-refractivity contribution in [3.8, 4) is 0 Å². The second-order valence-corrected chi connectivity index (χ2v) is 5.41. The second-order valence-electron chi connectivity index (χ2n) is 5.41. The molecule has 1 N–H and O–H groups in total. The van der Waals surface area contributed by atoms with Gasteiger partial charge in [0.05, 0.1) is 6.10 Å². The van der Waals surface area contributed by atoms with Gasteiger partial charge in [-0.2, -0.15) is 12.8 Å². The van der Waals surface area contributed by atoms with Crippen molar-refractivity contribution >= 4 is 5.57 Å². The summed E-state index contributed by atoms with van der Waals surface area (Å²) in [6.07, 6.45) is 5.88. The Balaban J connectivity index is 0.00000133. The quantitative estimate of drug-likeness (QED) is 0.820. The Bertz CT molecular complexity index is 478. The molecule has 1 nitrogen and oxygen atoms in total. The van der Waals surface area contributed by atoms with E-state index in [0.29, 0.717) is 0 Å². The van der Waals surface area contributed by atoms with E-state index in [1.54, 1.807) is 5.92 Å². The molecule has 1 atom stereocenters. The van der Waals surface area contributed by atoms with Gasteiger partial charge in [0.1, 0.15) is 0 Å². The summed E-state index contributed by atoms with van der Waals surface area (Å²) in [5.41, 5.74) is 5.39. The number of hydrogen-bond acceptors (Lipinski definition) is 1. The summed E-state index contributed by atoms with van der Waals surface area (Å²) in [6, 6.07) is 8.54. The Kier molecular flexibility index (Phi) is 5.40. The van der Waals surface area contributed by atoms with Crippen LogP contribution in [0.5, 0.6) is 0 Å². The smallest absolute Gasteiger partial charge is 0.0771 e. The standard InChI is InChI=1S/C17H20O.Y/c1-2-5-12-8-9-15-14-7-4-3-6-13(14)11-17(18)16(15)10-12;/h3-4,6-7,17-18H,1-2,5,8-11H2;/q-2;. The molecule has 0 saturated heterocycles. The Morgan fingerprint density at radius 3 is 2.89 bits per heavy atom. The third-order valence-corrected chi connectivity index (χ3v) is 4.24. The van der Waals surface area contributed by atoms with Crippen LogP contribution in [0.4, 0.5) is 0 Å². The molecule has 0 spiro atoms. The van der Waals surface area contributed by atoms with Gasteiger partial charge in [-0.25, -0.2) is 12.8 Å². The number of hydrogen-bond donors (Lipinski definition) is 1. The van der Waals surface area contributed by atoms with Crippen LogP contribution in [0.25, 0.3) is 5.57 Å². The molecule has 2 heteroatoms. The summed E-state index contributed by atoms with van der Waals surface area (Å²) < 4.78 is 0. The van der Waals surface area contributed by atoms with Crippen molar-refractivity contribution in [1.29, 1.82) is 0 Å². The van der Waals surface area contributed by atoms with E-state index in [-0.39, 0.29) is 38.8 Å². The number of rotatable bonds is 2. The van der Waals surface area contributed by atoms with Gasteiger partial charge in [-0.3, -0.25) is 0 Å². The number of aliphatic hydroxyl groups excluding tert-OH is 1. The van der Waals surface area contributed by atoms with Gasteiger partial charge in [0, 0.05) is 39.1 Å². The van der Waals surface area contributed by atoms with Crippen LogP contribution in [-0.2, 0) is 39.1 Å². The van der Waals surface area contributed by atoms with E-state index < -0.39 is 0 Å². The third kappa shape index (κ3) is 3.04. The first-order valence-electron chi connectivity index (χ1n) is 6.90. The largest absolute Gasteiger partial charge is 0.388 e. The predicted molar refractivity (Wildman–Crippen MR) is 74.8 cm³/mol. The molecule has 1 unspecified atom stereocenters. The fourth-order valence-corrected chi connectivity index (χ4v) is 3.34. The van der Waals surface area contributed by atoms with Crippen molar-refractivity contribution in [3.63, 3.8) is 0 Å². The van der Waals surface area contributed by atoms with Crippen molar-refractivity contribution in [3.05, 3.63) is 53.8 Å². The summed E-state index contributed by atoms with van der Waals surface area (Å²) in [4.78, 5) is 0. The number of aliphatic hydroxyl groups is 1. The molecule has 0 fully saturated rings. The Hall–Kier alpha value is 0.0239. The monoisotopic (exact) mass is 329 g/mol. The summed E-state index contributed by atoms with van der Waals surface area (Å²) in [7, 11) is 0. The average Bonchev–Trinajstić information content (AvgIpc) is 2.40. The maximum Gasteiger partial charge on any atom is 0.0771 e. The van der Waals surface area contributed by atoms with E-state index in [0.717, 1.165) is 32.1 Å². The van der Waals surface area contributed by atoms with Gasteiger partial charge in [-0.05, 0) is 16.7 Å². The first-order valence-corrected chi connectivity index (χ1v) is 6.90. The van der Waals surface area contributed by atoms with Crippen molar-refractivity contribution in [2.45, 2.75) is 44.6 Å². The van der Waals surface area contributed by atoms with E-state index in [9.17, 15) is 5.11 Å². The number of allylic oxidation sites excluding steroid dienone is 1. The third-order valence-electron chi connectivity index (χ3n) is 4.24. The van der Waals surface area contributed by atoms with E-state index in [1.165, 1.54) is 28.7 Å². The molecule has 0 aromatic heterocycles. The molecule has 1 aromatic carbocycles. The zero-order valence-corrected chi connectivity index (χ0v) is 14.2. The maximum atomic E-state index is 10.4. The van der Waals surface area contributed by atoms with Gasteiger partial charge in [-0.15, -0.1) is 0 Å². The second kappa shape index (κ2) is 6.65. The first-order chi connectivity index (χ1) is 8.79. The molecule has 0 bridgehead atoms. The first kappa shape index (κ1) is 15.4.